The lowest BCUT2D eigenvalue weighted by molar-refractivity contribution is 0.102. The molecule has 23 heavy (non-hydrogen) atoms. The molecule has 0 aliphatic carbocycles. The number of anilines is 1. The Kier molecular flexibility index (Phi) is 2.84. The average molecular weight is 307 g/mol. The predicted molar refractivity (Wildman–Crippen MR) is 86.6 cm³/mol. The molecule has 2 aliphatic heterocycles. The van der Waals surface area contributed by atoms with Crippen LogP contribution in [0.15, 0.2) is 42.9 Å². The summed E-state index contributed by atoms with van der Waals surface area (Å²) in [7, 11) is 0. The fourth-order valence-electron chi connectivity index (χ4n) is 3.68. The van der Waals surface area contributed by atoms with Crippen molar-refractivity contribution in [1.82, 2.24) is 19.7 Å². The minimum atomic E-state index is 0.314. The Morgan fingerprint density at radius 1 is 1.13 bits per heavy atom. The van der Waals surface area contributed by atoms with E-state index in [2.05, 4.69) is 20.4 Å². The maximum Gasteiger partial charge on any atom is 0.168 e. The molecule has 116 valence electrons. The van der Waals surface area contributed by atoms with Crippen molar-refractivity contribution in [1.29, 1.82) is 0 Å². The molecule has 0 amide bonds. The van der Waals surface area contributed by atoms with Gasteiger partial charge in [-0.25, -0.2) is 14.6 Å². The SMILES string of the molecule is c1ccc(-n2ncc3c(N[C@H]4C[C@H]5CC[C@H]4O5)ncnc32)cc1. The van der Waals surface area contributed by atoms with Crippen molar-refractivity contribution < 1.29 is 4.74 Å². The molecular weight excluding hydrogens is 290 g/mol. The third kappa shape index (κ3) is 2.09. The van der Waals surface area contributed by atoms with E-state index in [1.54, 1.807) is 6.33 Å². The van der Waals surface area contributed by atoms with Gasteiger partial charge >= 0.3 is 0 Å². The zero-order chi connectivity index (χ0) is 15.2. The monoisotopic (exact) mass is 307 g/mol. The second kappa shape index (κ2) is 5.03. The molecule has 2 aliphatic rings. The molecule has 6 nitrogen and oxygen atoms in total. The highest BCUT2D eigenvalue weighted by atomic mass is 16.5. The van der Waals surface area contributed by atoms with Crippen molar-refractivity contribution in [3.63, 3.8) is 0 Å². The van der Waals surface area contributed by atoms with Crippen LogP contribution in [0, 0.1) is 0 Å². The Bertz CT molecular complexity index is 847. The zero-order valence-electron chi connectivity index (χ0n) is 12.6. The highest BCUT2D eigenvalue weighted by Gasteiger charge is 2.41. The van der Waals surface area contributed by atoms with E-state index in [-0.39, 0.29) is 0 Å². The van der Waals surface area contributed by atoms with Crippen LogP contribution in [-0.4, -0.2) is 38.0 Å². The second-order valence-corrected chi connectivity index (χ2v) is 6.21. The number of ether oxygens (including phenoxy) is 1. The summed E-state index contributed by atoms with van der Waals surface area (Å²) in [6, 6.07) is 10.4. The minimum absolute atomic E-state index is 0.314. The maximum atomic E-state index is 5.92. The van der Waals surface area contributed by atoms with Gasteiger partial charge in [-0.2, -0.15) is 5.10 Å². The predicted octanol–water partition coefficient (Wildman–Crippen LogP) is 2.55. The summed E-state index contributed by atoms with van der Waals surface area (Å²) in [6.45, 7) is 0. The van der Waals surface area contributed by atoms with E-state index in [0.29, 0.717) is 18.2 Å². The first-order valence-electron chi connectivity index (χ1n) is 8.04. The second-order valence-electron chi connectivity index (χ2n) is 6.21. The lowest BCUT2D eigenvalue weighted by atomic mass is 9.95. The molecule has 1 N–H and O–H groups in total. The van der Waals surface area contributed by atoms with Crippen LogP contribution in [0.1, 0.15) is 19.3 Å². The van der Waals surface area contributed by atoms with Crippen molar-refractivity contribution in [2.75, 3.05) is 5.32 Å². The van der Waals surface area contributed by atoms with Gasteiger partial charge < -0.3 is 10.1 Å². The summed E-state index contributed by atoms with van der Waals surface area (Å²) in [5.74, 6) is 0.846. The summed E-state index contributed by atoms with van der Waals surface area (Å²) in [6.07, 6.45) is 7.55. The van der Waals surface area contributed by atoms with Gasteiger partial charge in [0.25, 0.3) is 0 Å². The molecule has 4 heterocycles. The topological polar surface area (TPSA) is 64.9 Å². The van der Waals surface area contributed by atoms with Crippen molar-refractivity contribution in [3.05, 3.63) is 42.9 Å². The average Bonchev–Trinajstić information content (AvgIpc) is 3.31. The lowest BCUT2D eigenvalue weighted by Crippen LogP contribution is -2.30. The van der Waals surface area contributed by atoms with Crippen LogP contribution >= 0.6 is 0 Å². The summed E-state index contributed by atoms with van der Waals surface area (Å²) < 4.78 is 7.76. The van der Waals surface area contributed by atoms with Gasteiger partial charge in [0.05, 0.1) is 35.5 Å². The number of para-hydroxylation sites is 1. The molecule has 1 aromatic carbocycles. The van der Waals surface area contributed by atoms with Crippen molar-refractivity contribution >= 4 is 16.9 Å². The van der Waals surface area contributed by atoms with Crippen LogP contribution in [0.5, 0.6) is 0 Å². The Morgan fingerprint density at radius 3 is 2.83 bits per heavy atom. The van der Waals surface area contributed by atoms with Crippen LogP contribution in [0.2, 0.25) is 0 Å². The van der Waals surface area contributed by atoms with Gasteiger partial charge in [-0.15, -0.1) is 0 Å². The first kappa shape index (κ1) is 13.0. The first-order chi connectivity index (χ1) is 11.4. The molecule has 2 fully saturated rings. The first-order valence-corrected chi connectivity index (χ1v) is 8.04. The van der Waals surface area contributed by atoms with E-state index < -0.39 is 0 Å². The molecule has 0 unspecified atom stereocenters. The van der Waals surface area contributed by atoms with Crippen LogP contribution in [0.25, 0.3) is 16.7 Å². The normalized spacial score (nSPS) is 26.0. The van der Waals surface area contributed by atoms with Crippen LogP contribution in [0.3, 0.4) is 0 Å². The maximum absolute atomic E-state index is 5.92. The van der Waals surface area contributed by atoms with E-state index in [1.165, 1.54) is 6.42 Å². The lowest BCUT2D eigenvalue weighted by Gasteiger charge is -2.20. The molecule has 0 spiro atoms. The van der Waals surface area contributed by atoms with Gasteiger partial charge in [0.1, 0.15) is 12.1 Å². The van der Waals surface area contributed by atoms with Gasteiger partial charge in [-0.05, 0) is 31.4 Å². The summed E-state index contributed by atoms with van der Waals surface area (Å²) >= 11 is 0. The number of rotatable bonds is 3. The van der Waals surface area contributed by atoms with Crippen molar-refractivity contribution in [2.45, 2.75) is 37.5 Å². The Hall–Kier alpha value is -2.47. The van der Waals surface area contributed by atoms with E-state index in [9.17, 15) is 0 Å². The number of aromatic nitrogens is 4. The van der Waals surface area contributed by atoms with E-state index >= 15 is 0 Å². The van der Waals surface area contributed by atoms with Crippen LogP contribution < -0.4 is 5.32 Å². The largest absolute Gasteiger partial charge is 0.373 e. The molecule has 0 radical (unpaired) electrons. The van der Waals surface area contributed by atoms with Crippen LogP contribution in [0.4, 0.5) is 5.82 Å². The number of fused-ring (bicyclic) bond motifs is 3. The highest BCUT2D eigenvalue weighted by Crippen LogP contribution is 2.36. The third-order valence-corrected chi connectivity index (χ3v) is 4.79. The number of benzene rings is 1. The number of hydrogen-bond donors (Lipinski definition) is 1. The summed E-state index contributed by atoms with van der Waals surface area (Å²) in [5, 5.41) is 8.99. The smallest absolute Gasteiger partial charge is 0.168 e. The fraction of sp³-hybridized carbons (Fsp3) is 0.353. The molecule has 2 bridgehead atoms. The van der Waals surface area contributed by atoms with Gasteiger partial charge in [-0.3, -0.25) is 0 Å². The molecular formula is C17H17N5O. The molecule has 2 saturated heterocycles. The third-order valence-electron chi connectivity index (χ3n) is 4.79. The Labute approximate surface area is 133 Å². The summed E-state index contributed by atoms with van der Waals surface area (Å²) in [5.41, 5.74) is 1.81. The summed E-state index contributed by atoms with van der Waals surface area (Å²) in [4.78, 5) is 8.85. The molecule has 2 aromatic heterocycles. The Morgan fingerprint density at radius 2 is 2.04 bits per heavy atom. The number of nitrogens with zero attached hydrogens (tertiary/aromatic N) is 4. The molecule has 0 saturated carbocycles. The van der Waals surface area contributed by atoms with Gasteiger partial charge in [-0.1, -0.05) is 18.2 Å². The van der Waals surface area contributed by atoms with Crippen molar-refractivity contribution in [2.24, 2.45) is 0 Å². The molecule has 5 rings (SSSR count). The van der Waals surface area contributed by atoms with Gasteiger partial charge in [0.15, 0.2) is 5.65 Å². The number of nitrogens with one attached hydrogen (secondary N) is 1. The fourth-order valence-corrected chi connectivity index (χ4v) is 3.68. The van der Waals surface area contributed by atoms with E-state index in [4.69, 9.17) is 4.74 Å². The van der Waals surface area contributed by atoms with Crippen LogP contribution in [-0.2, 0) is 4.74 Å². The molecule has 3 aromatic rings. The Balaban J connectivity index is 1.52. The standard InChI is InChI=1S/C17H17N5O/c1-2-4-11(5-3-1)22-17-13(9-20-22)16(18-10-19-17)21-14-8-12-6-7-15(14)23-12/h1-5,9-10,12,14-15H,6-8H2,(H,18,19,21)/t12-,14+,15-/m1/s1. The quantitative estimate of drug-likeness (QED) is 0.805. The highest BCUT2D eigenvalue weighted by molar-refractivity contribution is 5.87. The van der Waals surface area contributed by atoms with E-state index in [1.807, 2.05) is 41.2 Å². The van der Waals surface area contributed by atoms with Crippen molar-refractivity contribution in [3.8, 4) is 5.69 Å². The number of hydrogen-bond acceptors (Lipinski definition) is 5. The van der Waals surface area contributed by atoms with Gasteiger partial charge in [0, 0.05) is 0 Å². The van der Waals surface area contributed by atoms with E-state index in [0.717, 1.165) is 35.4 Å². The zero-order valence-corrected chi connectivity index (χ0v) is 12.6. The van der Waals surface area contributed by atoms with Gasteiger partial charge in [0.2, 0.25) is 0 Å². The molecule has 6 heteroatoms. The molecule has 3 atom stereocenters. The minimum Gasteiger partial charge on any atom is -0.373 e.